The van der Waals surface area contributed by atoms with Crippen molar-refractivity contribution in [3.63, 3.8) is 0 Å². The highest BCUT2D eigenvalue weighted by atomic mass is 19.4. The number of aliphatic carboxylic acids is 1. The third kappa shape index (κ3) is 5.30. The lowest BCUT2D eigenvalue weighted by Crippen LogP contribution is -2.28. The van der Waals surface area contributed by atoms with Crippen LogP contribution in [-0.2, 0) is 17.4 Å². The number of alkyl halides is 3. The molecule has 1 aromatic carbocycles. The van der Waals surface area contributed by atoms with Crippen molar-refractivity contribution < 1.29 is 28.2 Å². The van der Waals surface area contributed by atoms with E-state index in [1.807, 2.05) is 0 Å². The largest absolute Gasteiger partial charge is 0.481 e. The van der Waals surface area contributed by atoms with E-state index >= 15 is 0 Å². The zero-order chi connectivity index (χ0) is 14.7. The van der Waals surface area contributed by atoms with Crippen LogP contribution in [0, 0.1) is 0 Å². The highest BCUT2D eigenvalue weighted by molar-refractivity contribution is 5.68. The molecule has 19 heavy (non-hydrogen) atoms. The minimum Gasteiger partial charge on any atom is -0.481 e. The van der Waals surface area contributed by atoms with Gasteiger partial charge in [0.1, 0.15) is 0 Å². The van der Waals surface area contributed by atoms with Gasteiger partial charge in [-0.25, -0.2) is 0 Å². The third-order valence-electron chi connectivity index (χ3n) is 2.77. The number of rotatable bonds is 5. The number of carbonyl (C=O) groups is 1. The zero-order valence-electron chi connectivity index (χ0n) is 10.4. The van der Waals surface area contributed by atoms with E-state index in [4.69, 9.17) is 5.11 Å². The summed E-state index contributed by atoms with van der Waals surface area (Å²) in [5, 5.41) is 18.4. The van der Waals surface area contributed by atoms with E-state index < -0.39 is 29.7 Å². The molecule has 0 bridgehead atoms. The van der Waals surface area contributed by atoms with Gasteiger partial charge in [0.25, 0.3) is 0 Å². The molecule has 1 rings (SSSR count). The van der Waals surface area contributed by atoms with Gasteiger partial charge in [0.2, 0.25) is 0 Å². The quantitative estimate of drug-likeness (QED) is 0.869. The minimum atomic E-state index is -4.37. The molecule has 0 aromatic heterocycles. The van der Waals surface area contributed by atoms with Crippen molar-refractivity contribution in [2.24, 2.45) is 0 Å². The van der Waals surface area contributed by atoms with Crippen molar-refractivity contribution in [3.05, 3.63) is 35.4 Å². The average molecular weight is 276 g/mol. The Morgan fingerprint density at radius 2 is 1.74 bits per heavy atom. The summed E-state index contributed by atoms with van der Waals surface area (Å²) in [4.78, 5) is 10.5. The third-order valence-corrected chi connectivity index (χ3v) is 2.77. The molecule has 6 heteroatoms. The molecule has 0 amide bonds. The highest BCUT2D eigenvalue weighted by Gasteiger charge is 2.30. The summed E-state index contributed by atoms with van der Waals surface area (Å²) in [6.07, 6.45) is -4.27. The van der Waals surface area contributed by atoms with Gasteiger partial charge in [-0.1, -0.05) is 12.1 Å². The Labute approximate surface area is 108 Å². The standard InChI is InChI=1S/C13H15F3O3/c1-12(19,8-11(17)18)7-6-9-2-4-10(5-3-9)13(14,15)16/h2-5,19H,6-8H2,1H3,(H,17,18). The van der Waals surface area contributed by atoms with Crippen molar-refractivity contribution in [3.8, 4) is 0 Å². The lowest BCUT2D eigenvalue weighted by Gasteiger charge is -2.20. The molecule has 0 aliphatic heterocycles. The second kappa shape index (κ2) is 5.61. The lowest BCUT2D eigenvalue weighted by atomic mass is 9.93. The molecular weight excluding hydrogens is 261 g/mol. The summed E-state index contributed by atoms with van der Waals surface area (Å²) in [5.74, 6) is -1.11. The zero-order valence-corrected chi connectivity index (χ0v) is 10.4. The maximum absolute atomic E-state index is 12.3. The second-order valence-corrected chi connectivity index (χ2v) is 4.76. The fraction of sp³-hybridized carbons (Fsp3) is 0.462. The summed E-state index contributed by atoms with van der Waals surface area (Å²) in [6.45, 7) is 1.39. The molecule has 2 N–H and O–H groups in total. The number of carboxylic acids is 1. The predicted molar refractivity (Wildman–Crippen MR) is 62.6 cm³/mol. The first kappa shape index (κ1) is 15.5. The van der Waals surface area contributed by atoms with Crippen LogP contribution in [0.15, 0.2) is 24.3 Å². The van der Waals surface area contributed by atoms with Crippen LogP contribution in [0.4, 0.5) is 13.2 Å². The van der Waals surface area contributed by atoms with E-state index in [1.165, 1.54) is 19.1 Å². The normalized spacial score (nSPS) is 15.0. The summed E-state index contributed by atoms with van der Waals surface area (Å²) in [5.41, 5.74) is -1.47. The van der Waals surface area contributed by atoms with E-state index in [9.17, 15) is 23.1 Å². The van der Waals surface area contributed by atoms with Crippen LogP contribution in [0.3, 0.4) is 0 Å². The van der Waals surface area contributed by atoms with Crippen molar-refractivity contribution >= 4 is 5.97 Å². The van der Waals surface area contributed by atoms with Gasteiger partial charge in [-0.3, -0.25) is 4.79 Å². The van der Waals surface area contributed by atoms with Gasteiger partial charge in [-0.15, -0.1) is 0 Å². The summed E-state index contributed by atoms with van der Waals surface area (Å²) >= 11 is 0. The van der Waals surface area contributed by atoms with Crippen LogP contribution in [0.2, 0.25) is 0 Å². The van der Waals surface area contributed by atoms with Crippen LogP contribution in [0.25, 0.3) is 0 Å². The number of hydrogen-bond acceptors (Lipinski definition) is 2. The fourth-order valence-corrected chi connectivity index (χ4v) is 1.69. The number of halogens is 3. The molecule has 0 fully saturated rings. The number of aryl methyl sites for hydroxylation is 1. The van der Waals surface area contributed by atoms with E-state index in [2.05, 4.69) is 0 Å². The molecule has 1 atom stereocenters. The SMILES string of the molecule is CC(O)(CCc1ccc(C(F)(F)F)cc1)CC(=O)O. The van der Waals surface area contributed by atoms with Crippen LogP contribution >= 0.6 is 0 Å². The van der Waals surface area contributed by atoms with Crippen molar-refractivity contribution in [1.29, 1.82) is 0 Å². The van der Waals surface area contributed by atoms with Gasteiger partial charge in [-0.05, 0) is 37.5 Å². The van der Waals surface area contributed by atoms with Crippen LogP contribution in [0.5, 0.6) is 0 Å². The average Bonchev–Trinajstić information content (AvgIpc) is 2.24. The molecule has 3 nitrogen and oxygen atoms in total. The first-order chi connectivity index (χ1) is 8.60. The van der Waals surface area contributed by atoms with Gasteiger partial charge >= 0.3 is 12.1 Å². The molecule has 106 valence electrons. The molecule has 0 spiro atoms. The summed E-state index contributed by atoms with van der Waals surface area (Å²) < 4.78 is 37.0. The molecule has 1 aromatic rings. The summed E-state index contributed by atoms with van der Waals surface area (Å²) in [7, 11) is 0. The molecule has 0 saturated carbocycles. The second-order valence-electron chi connectivity index (χ2n) is 4.76. The van der Waals surface area contributed by atoms with Crippen molar-refractivity contribution in [2.45, 2.75) is 38.0 Å². The first-order valence-corrected chi connectivity index (χ1v) is 5.70. The van der Waals surface area contributed by atoms with E-state index in [-0.39, 0.29) is 6.42 Å². The Kier molecular flexibility index (Phi) is 4.57. The van der Waals surface area contributed by atoms with E-state index in [0.717, 1.165) is 12.1 Å². The smallest absolute Gasteiger partial charge is 0.416 e. The van der Waals surface area contributed by atoms with Gasteiger partial charge in [-0.2, -0.15) is 13.2 Å². The van der Waals surface area contributed by atoms with Crippen molar-refractivity contribution in [2.75, 3.05) is 0 Å². The van der Waals surface area contributed by atoms with E-state index in [1.54, 1.807) is 0 Å². The molecule has 0 radical (unpaired) electrons. The van der Waals surface area contributed by atoms with Crippen LogP contribution < -0.4 is 0 Å². The molecule has 0 heterocycles. The van der Waals surface area contributed by atoms with Crippen molar-refractivity contribution in [1.82, 2.24) is 0 Å². The van der Waals surface area contributed by atoms with Crippen LogP contribution in [0.1, 0.15) is 30.9 Å². The molecule has 0 aliphatic rings. The summed E-state index contributed by atoms with van der Waals surface area (Å²) in [6, 6.07) is 4.61. The Hall–Kier alpha value is -1.56. The Morgan fingerprint density at radius 3 is 2.16 bits per heavy atom. The number of benzene rings is 1. The van der Waals surface area contributed by atoms with Gasteiger partial charge in [0.15, 0.2) is 0 Å². The first-order valence-electron chi connectivity index (χ1n) is 5.70. The molecule has 0 aliphatic carbocycles. The Morgan fingerprint density at radius 1 is 1.21 bits per heavy atom. The Bertz CT molecular complexity index is 435. The van der Waals surface area contributed by atoms with Gasteiger partial charge in [0, 0.05) is 0 Å². The van der Waals surface area contributed by atoms with Gasteiger partial charge in [0.05, 0.1) is 17.6 Å². The van der Waals surface area contributed by atoms with Gasteiger partial charge < -0.3 is 10.2 Å². The number of aliphatic hydroxyl groups is 1. The molecule has 1 unspecified atom stereocenters. The number of hydrogen-bond donors (Lipinski definition) is 2. The lowest BCUT2D eigenvalue weighted by molar-refractivity contribution is -0.142. The Balaban J connectivity index is 2.62. The maximum Gasteiger partial charge on any atom is 0.416 e. The topological polar surface area (TPSA) is 57.5 Å². The minimum absolute atomic E-state index is 0.171. The number of carboxylic acid groups (broad SMARTS) is 1. The maximum atomic E-state index is 12.3. The fourth-order valence-electron chi connectivity index (χ4n) is 1.69. The highest BCUT2D eigenvalue weighted by Crippen LogP contribution is 2.29. The van der Waals surface area contributed by atoms with Crippen LogP contribution in [-0.4, -0.2) is 21.8 Å². The van der Waals surface area contributed by atoms with E-state index in [0.29, 0.717) is 12.0 Å². The molecule has 0 saturated heterocycles. The monoisotopic (exact) mass is 276 g/mol. The molecular formula is C13H15F3O3. The predicted octanol–water partition coefficient (Wildman–Crippen LogP) is 2.86.